The van der Waals surface area contributed by atoms with Crippen LogP contribution in [-0.2, 0) is 0 Å². The Morgan fingerprint density at radius 2 is 2.31 bits per heavy atom. The van der Waals surface area contributed by atoms with Crippen LogP contribution in [0.25, 0.3) is 11.0 Å². The number of hydrazine groups is 1. The lowest BCUT2D eigenvalue weighted by atomic mass is 10.3. The molecule has 0 saturated heterocycles. The van der Waals surface area contributed by atoms with E-state index < -0.39 is 5.03 Å². The molecule has 0 radical (unpaired) electrons. The molecule has 0 spiro atoms. The number of rotatable bonds is 2. The van der Waals surface area contributed by atoms with Gasteiger partial charge in [0, 0.05) is 0 Å². The van der Waals surface area contributed by atoms with Gasteiger partial charge in [-0.3, -0.25) is 0 Å². The van der Waals surface area contributed by atoms with E-state index in [1.807, 2.05) is 5.43 Å². The van der Waals surface area contributed by atoms with Crippen molar-refractivity contribution in [1.82, 2.24) is 10.3 Å². The summed E-state index contributed by atoms with van der Waals surface area (Å²) in [7, 11) is 0. The fraction of sp³-hybridized carbons (Fsp3) is 0. The summed E-state index contributed by atoms with van der Waals surface area (Å²) in [5.74, 6) is 0. The maximum atomic E-state index is 10.1. The zero-order valence-electron chi connectivity index (χ0n) is 6.30. The molecule has 1 aromatic heterocycles. The lowest BCUT2D eigenvalue weighted by molar-refractivity contribution is -0.445. The normalized spacial score (nSPS) is 10.2. The maximum Gasteiger partial charge on any atom is 0.164 e. The Morgan fingerprint density at radius 3 is 3.08 bits per heavy atom. The van der Waals surface area contributed by atoms with Crippen LogP contribution in [0, 0.1) is 10.1 Å². The van der Waals surface area contributed by atoms with Crippen molar-refractivity contribution >= 4 is 16.7 Å². The number of aromatic nitrogens is 2. The number of nitrogens with zero attached hydrogens (tertiary/aromatic N) is 3. The molecule has 0 unspecified atom stereocenters. The quantitative estimate of drug-likeness (QED) is 0.543. The molecule has 0 amide bonds. The van der Waals surface area contributed by atoms with E-state index in [9.17, 15) is 10.1 Å². The van der Waals surface area contributed by atoms with Crippen molar-refractivity contribution < 1.29 is 9.66 Å². The second-order valence-corrected chi connectivity index (χ2v) is 2.31. The SMILES string of the molecule is O=[N+]([O-])Nc1cccc2nonc12. The number of hydrogen-bond acceptors (Lipinski definition) is 5. The van der Waals surface area contributed by atoms with Crippen molar-refractivity contribution in [3.8, 4) is 0 Å². The number of benzene rings is 1. The second kappa shape index (κ2) is 2.70. The van der Waals surface area contributed by atoms with Gasteiger partial charge in [-0.05, 0) is 22.4 Å². The van der Waals surface area contributed by atoms with Crippen molar-refractivity contribution in [1.29, 1.82) is 0 Å². The highest BCUT2D eigenvalue weighted by atomic mass is 16.7. The molecule has 0 aliphatic heterocycles. The van der Waals surface area contributed by atoms with E-state index >= 15 is 0 Å². The third-order valence-corrected chi connectivity index (χ3v) is 1.50. The monoisotopic (exact) mass is 180 g/mol. The first-order valence-corrected chi connectivity index (χ1v) is 3.40. The molecule has 7 heteroatoms. The van der Waals surface area contributed by atoms with Crippen LogP contribution in [0.2, 0.25) is 0 Å². The summed E-state index contributed by atoms with van der Waals surface area (Å²) >= 11 is 0. The van der Waals surface area contributed by atoms with Crippen molar-refractivity contribution in [3.05, 3.63) is 28.3 Å². The summed E-state index contributed by atoms with van der Waals surface area (Å²) in [6.07, 6.45) is 0. The van der Waals surface area contributed by atoms with Gasteiger partial charge in [0.25, 0.3) is 0 Å². The summed E-state index contributed by atoms with van der Waals surface area (Å²) in [6.45, 7) is 0. The minimum atomic E-state index is -0.663. The standard InChI is InChI=1S/C6H4N4O3/c11-10(12)7-4-2-1-3-5-6(4)9-13-8-5/h1-3,7H. The Balaban J connectivity index is 2.54. The van der Waals surface area contributed by atoms with Crippen molar-refractivity contribution in [2.45, 2.75) is 0 Å². The van der Waals surface area contributed by atoms with E-state index in [1.165, 1.54) is 6.07 Å². The average molecular weight is 180 g/mol. The van der Waals surface area contributed by atoms with E-state index in [0.717, 1.165) is 0 Å². The first-order valence-electron chi connectivity index (χ1n) is 3.40. The van der Waals surface area contributed by atoms with Gasteiger partial charge >= 0.3 is 0 Å². The fourth-order valence-corrected chi connectivity index (χ4v) is 0.995. The lowest BCUT2D eigenvalue weighted by Gasteiger charge is -1.94. The molecular weight excluding hydrogens is 176 g/mol. The van der Waals surface area contributed by atoms with Crippen LogP contribution in [0.5, 0.6) is 0 Å². The van der Waals surface area contributed by atoms with Gasteiger partial charge in [-0.25, -0.2) is 14.7 Å². The van der Waals surface area contributed by atoms with E-state index in [4.69, 9.17) is 0 Å². The molecule has 1 aromatic carbocycles. The lowest BCUT2D eigenvalue weighted by Crippen LogP contribution is -2.07. The molecule has 0 saturated carbocycles. The van der Waals surface area contributed by atoms with Crippen molar-refractivity contribution in [2.75, 3.05) is 5.43 Å². The molecule has 2 rings (SSSR count). The molecule has 1 N–H and O–H groups in total. The first-order chi connectivity index (χ1) is 6.27. The summed E-state index contributed by atoms with van der Waals surface area (Å²) in [4.78, 5) is 10.1. The minimum absolute atomic E-state index is 0.267. The smallest absolute Gasteiger partial charge is 0.164 e. The molecule has 13 heavy (non-hydrogen) atoms. The molecule has 66 valence electrons. The molecule has 0 aliphatic carbocycles. The Morgan fingerprint density at radius 1 is 1.46 bits per heavy atom. The minimum Gasteiger partial charge on any atom is -0.243 e. The molecule has 0 fully saturated rings. The maximum absolute atomic E-state index is 10.1. The van der Waals surface area contributed by atoms with Crippen molar-refractivity contribution in [3.63, 3.8) is 0 Å². The Bertz CT molecular complexity index is 452. The van der Waals surface area contributed by atoms with Gasteiger partial charge in [0.2, 0.25) is 0 Å². The average Bonchev–Trinajstić information content (AvgIpc) is 2.51. The molecule has 0 atom stereocenters. The predicted octanol–water partition coefficient (Wildman–Crippen LogP) is 0.826. The largest absolute Gasteiger partial charge is 0.243 e. The van der Waals surface area contributed by atoms with Gasteiger partial charge < -0.3 is 0 Å². The fourth-order valence-electron chi connectivity index (χ4n) is 0.995. The highest BCUT2D eigenvalue weighted by Crippen LogP contribution is 2.18. The van der Waals surface area contributed by atoms with E-state index in [2.05, 4.69) is 14.9 Å². The molecule has 1 heterocycles. The predicted molar refractivity (Wildman–Crippen MR) is 42.4 cm³/mol. The van der Waals surface area contributed by atoms with Gasteiger partial charge in [0.1, 0.15) is 11.2 Å². The summed E-state index contributed by atoms with van der Waals surface area (Å²) in [6, 6.07) is 4.80. The van der Waals surface area contributed by atoms with Crippen LogP contribution in [-0.4, -0.2) is 15.3 Å². The summed E-state index contributed by atoms with van der Waals surface area (Å²) in [5.41, 5.74) is 3.09. The Labute approximate surface area is 71.4 Å². The van der Waals surface area contributed by atoms with Crippen LogP contribution in [0.15, 0.2) is 22.8 Å². The Hall–Kier alpha value is -2.18. The third-order valence-electron chi connectivity index (χ3n) is 1.50. The molecular formula is C6H4N4O3. The first kappa shape index (κ1) is 7.47. The zero-order valence-corrected chi connectivity index (χ0v) is 6.30. The van der Waals surface area contributed by atoms with Crippen molar-refractivity contribution in [2.24, 2.45) is 0 Å². The van der Waals surface area contributed by atoms with E-state index in [-0.39, 0.29) is 5.69 Å². The number of fused-ring (bicyclic) bond motifs is 1. The molecule has 2 aromatic rings. The second-order valence-electron chi connectivity index (χ2n) is 2.31. The third kappa shape index (κ3) is 1.26. The van der Waals surface area contributed by atoms with Gasteiger partial charge in [-0.1, -0.05) is 6.07 Å². The highest BCUT2D eigenvalue weighted by Gasteiger charge is 2.08. The van der Waals surface area contributed by atoms with E-state index in [0.29, 0.717) is 11.0 Å². The van der Waals surface area contributed by atoms with Crippen LogP contribution in [0.1, 0.15) is 0 Å². The zero-order chi connectivity index (χ0) is 9.26. The molecule has 7 nitrogen and oxygen atoms in total. The molecule has 0 bridgehead atoms. The topological polar surface area (TPSA) is 94.1 Å². The Kier molecular flexibility index (Phi) is 1.55. The summed E-state index contributed by atoms with van der Waals surface area (Å²) in [5, 5.41) is 16.5. The van der Waals surface area contributed by atoms with Gasteiger partial charge in [-0.2, -0.15) is 0 Å². The van der Waals surface area contributed by atoms with Gasteiger partial charge in [0.05, 0.1) is 0 Å². The van der Waals surface area contributed by atoms with Gasteiger partial charge in [0.15, 0.2) is 10.5 Å². The number of nitro groups is 1. The number of anilines is 1. The summed E-state index contributed by atoms with van der Waals surface area (Å²) < 4.78 is 4.42. The van der Waals surface area contributed by atoms with Crippen LogP contribution < -0.4 is 5.43 Å². The van der Waals surface area contributed by atoms with Crippen LogP contribution >= 0.6 is 0 Å². The van der Waals surface area contributed by atoms with Gasteiger partial charge in [-0.15, -0.1) is 5.43 Å². The van der Waals surface area contributed by atoms with Crippen LogP contribution in [0.4, 0.5) is 5.69 Å². The van der Waals surface area contributed by atoms with E-state index in [1.54, 1.807) is 12.1 Å². The van der Waals surface area contributed by atoms with Crippen LogP contribution in [0.3, 0.4) is 0 Å². The number of hydrogen-bond donors (Lipinski definition) is 1. The highest BCUT2D eigenvalue weighted by molar-refractivity contribution is 5.86. The number of nitrogens with one attached hydrogen (secondary N) is 1. The molecule has 0 aliphatic rings.